The number of aromatic nitrogens is 2. The summed E-state index contributed by atoms with van der Waals surface area (Å²) in [5.41, 5.74) is 2.48. The summed E-state index contributed by atoms with van der Waals surface area (Å²) in [5.74, 6) is 0.0157. The van der Waals surface area contributed by atoms with E-state index in [9.17, 15) is 9.59 Å². The summed E-state index contributed by atoms with van der Waals surface area (Å²) < 4.78 is 1.58. The van der Waals surface area contributed by atoms with Crippen molar-refractivity contribution in [2.45, 2.75) is 49.9 Å². The van der Waals surface area contributed by atoms with Gasteiger partial charge in [0.25, 0.3) is 5.56 Å². The van der Waals surface area contributed by atoms with Crippen molar-refractivity contribution in [2.75, 3.05) is 26.2 Å². The van der Waals surface area contributed by atoms with E-state index in [0.29, 0.717) is 30.1 Å². The van der Waals surface area contributed by atoms with Gasteiger partial charge in [0, 0.05) is 37.8 Å². The zero-order valence-corrected chi connectivity index (χ0v) is 19.0. The van der Waals surface area contributed by atoms with E-state index in [-0.39, 0.29) is 16.7 Å². The molecule has 162 valence electrons. The summed E-state index contributed by atoms with van der Waals surface area (Å²) in [6.45, 7) is 7.69. The summed E-state index contributed by atoms with van der Waals surface area (Å²) in [5, 5.41) is 3.39. The molecule has 1 unspecified atom stereocenters. The molecule has 1 saturated heterocycles. The Morgan fingerprint density at radius 1 is 1.23 bits per heavy atom. The Kier molecular flexibility index (Phi) is 8.10. The number of carbonyl (C=O) groups excluding carboxylic acids is 1. The largest absolute Gasteiger partial charge is 0.354 e. The smallest absolute Gasteiger partial charge is 0.257 e. The molecule has 0 bridgehead atoms. The summed E-state index contributed by atoms with van der Waals surface area (Å²) in [4.78, 5) is 32.7. The van der Waals surface area contributed by atoms with Gasteiger partial charge in [0.05, 0.1) is 5.25 Å². The number of nitrogens with zero attached hydrogens (tertiary/aromatic N) is 3. The summed E-state index contributed by atoms with van der Waals surface area (Å²) in [6, 6.07) is 9.94. The number of benzene rings is 1. The van der Waals surface area contributed by atoms with Gasteiger partial charge in [0.1, 0.15) is 0 Å². The predicted octanol–water partition coefficient (Wildman–Crippen LogP) is 2.76. The van der Waals surface area contributed by atoms with Crippen molar-refractivity contribution in [3.8, 4) is 0 Å². The highest BCUT2D eigenvalue weighted by molar-refractivity contribution is 8.00. The van der Waals surface area contributed by atoms with Crippen LogP contribution in [0.4, 0.5) is 0 Å². The first-order valence-electron chi connectivity index (χ1n) is 10.8. The minimum Gasteiger partial charge on any atom is -0.354 e. The Bertz CT molecular complexity index is 907. The van der Waals surface area contributed by atoms with E-state index in [1.807, 2.05) is 44.2 Å². The van der Waals surface area contributed by atoms with Crippen LogP contribution in [0.3, 0.4) is 0 Å². The average Bonchev–Trinajstić information content (AvgIpc) is 3.27. The van der Waals surface area contributed by atoms with Crippen molar-refractivity contribution in [1.29, 1.82) is 0 Å². The lowest BCUT2D eigenvalue weighted by Crippen LogP contribution is -2.38. The van der Waals surface area contributed by atoms with E-state index in [4.69, 9.17) is 0 Å². The standard InChI is InChI=1S/C23H32N4O2S/c1-4-20(21(28)24-12-15-27-13-8-9-14-27)30-23-25-17(2)19(22(29)26(23)3)16-18-10-6-5-7-11-18/h5-7,10-11,20H,4,8-9,12-16H2,1-3H3,(H,24,28). The maximum atomic E-state index is 13.0. The van der Waals surface area contributed by atoms with Crippen LogP contribution in [0.15, 0.2) is 40.3 Å². The first-order valence-corrected chi connectivity index (χ1v) is 11.6. The minimum atomic E-state index is -0.263. The van der Waals surface area contributed by atoms with Crippen LogP contribution in [-0.2, 0) is 18.3 Å². The molecule has 1 amide bonds. The fourth-order valence-corrected chi connectivity index (χ4v) is 4.79. The first kappa shape index (κ1) is 22.6. The molecule has 0 saturated carbocycles. The van der Waals surface area contributed by atoms with E-state index in [2.05, 4.69) is 15.2 Å². The Balaban J connectivity index is 1.66. The topological polar surface area (TPSA) is 67.2 Å². The first-order chi connectivity index (χ1) is 14.5. The molecule has 2 heterocycles. The van der Waals surface area contributed by atoms with E-state index in [0.717, 1.165) is 30.9 Å². The number of thioether (sulfide) groups is 1. The average molecular weight is 429 g/mol. The monoisotopic (exact) mass is 428 g/mol. The second kappa shape index (κ2) is 10.8. The van der Waals surface area contributed by atoms with Crippen LogP contribution < -0.4 is 10.9 Å². The Hall–Kier alpha value is -2.12. The highest BCUT2D eigenvalue weighted by Gasteiger charge is 2.22. The molecular weight excluding hydrogens is 396 g/mol. The molecular formula is C23H32N4O2S. The molecule has 7 heteroatoms. The second-order valence-corrected chi connectivity index (χ2v) is 9.01. The van der Waals surface area contributed by atoms with Gasteiger partial charge in [0.2, 0.25) is 5.91 Å². The van der Waals surface area contributed by atoms with Gasteiger partial charge in [-0.3, -0.25) is 14.2 Å². The van der Waals surface area contributed by atoms with Crippen molar-refractivity contribution in [3.05, 3.63) is 57.5 Å². The van der Waals surface area contributed by atoms with Crippen LogP contribution >= 0.6 is 11.8 Å². The number of rotatable bonds is 9. The van der Waals surface area contributed by atoms with Crippen molar-refractivity contribution < 1.29 is 4.79 Å². The lowest BCUT2D eigenvalue weighted by Gasteiger charge is -2.19. The number of nitrogens with one attached hydrogen (secondary N) is 1. The Morgan fingerprint density at radius 2 is 1.93 bits per heavy atom. The number of carbonyl (C=O) groups is 1. The third-order valence-electron chi connectivity index (χ3n) is 5.61. The molecule has 3 rings (SSSR count). The number of aryl methyl sites for hydroxylation is 1. The molecule has 1 aliphatic rings. The second-order valence-electron chi connectivity index (χ2n) is 7.84. The van der Waals surface area contributed by atoms with E-state index < -0.39 is 0 Å². The van der Waals surface area contributed by atoms with Crippen molar-refractivity contribution >= 4 is 17.7 Å². The van der Waals surface area contributed by atoms with Crippen LogP contribution in [0, 0.1) is 6.92 Å². The van der Waals surface area contributed by atoms with Crippen molar-refractivity contribution in [2.24, 2.45) is 7.05 Å². The van der Waals surface area contributed by atoms with Crippen molar-refractivity contribution in [1.82, 2.24) is 19.8 Å². The summed E-state index contributed by atoms with van der Waals surface area (Å²) >= 11 is 1.38. The zero-order valence-electron chi connectivity index (χ0n) is 18.2. The molecule has 1 aromatic heterocycles. The van der Waals surface area contributed by atoms with Crippen LogP contribution in [0.25, 0.3) is 0 Å². The van der Waals surface area contributed by atoms with Gasteiger partial charge in [0.15, 0.2) is 5.16 Å². The van der Waals surface area contributed by atoms with E-state index >= 15 is 0 Å². The van der Waals surface area contributed by atoms with Crippen LogP contribution in [0.5, 0.6) is 0 Å². The van der Waals surface area contributed by atoms with Crippen molar-refractivity contribution in [3.63, 3.8) is 0 Å². The third-order valence-corrected chi connectivity index (χ3v) is 7.02. The van der Waals surface area contributed by atoms with Gasteiger partial charge in [-0.1, -0.05) is 49.0 Å². The van der Waals surface area contributed by atoms with Gasteiger partial charge in [-0.2, -0.15) is 0 Å². The fraction of sp³-hybridized carbons (Fsp3) is 0.522. The number of hydrogen-bond acceptors (Lipinski definition) is 5. The molecule has 2 aromatic rings. The molecule has 1 N–H and O–H groups in total. The van der Waals surface area contributed by atoms with Gasteiger partial charge in [-0.15, -0.1) is 0 Å². The molecule has 1 aliphatic heterocycles. The molecule has 1 fully saturated rings. The number of amides is 1. The lowest BCUT2D eigenvalue weighted by atomic mass is 10.1. The van der Waals surface area contributed by atoms with Crippen LogP contribution in [0.1, 0.15) is 43.0 Å². The predicted molar refractivity (Wildman–Crippen MR) is 122 cm³/mol. The highest BCUT2D eigenvalue weighted by Crippen LogP contribution is 2.24. The minimum absolute atomic E-state index is 0.0157. The molecule has 0 spiro atoms. The molecule has 1 atom stereocenters. The maximum Gasteiger partial charge on any atom is 0.257 e. The molecule has 6 nitrogen and oxygen atoms in total. The van der Waals surface area contributed by atoms with Gasteiger partial charge in [-0.25, -0.2) is 4.98 Å². The summed E-state index contributed by atoms with van der Waals surface area (Å²) in [7, 11) is 1.74. The van der Waals surface area contributed by atoms with E-state index in [1.165, 1.54) is 24.6 Å². The molecule has 0 aliphatic carbocycles. The molecule has 0 radical (unpaired) electrons. The van der Waals surface area contributed by atoms with E-state index in [1.54, 1.807) is 11.6 Å². The zero-order chi connectivity index (χ0) is 21.5. The molecule has 1 aromatic carbocycles. The van der Waals surface area contributed by atoms with Crippen LogP contribution in [-0.4, -0.2) is 51.8 Å². The summed E-state index contributed by atoms with van der Waals surface area (Å²) in [6.07, 6.45) is 3.74. The maximum absolute atomic E-state index is 13.0. The lowest BCUT2D eigenvalue weighted by molar-refractivity contribution is -0.120. The number of likely N-dealkylation sites (tertiary alicyclic amines) is 1. The van der Waals surface area contributed by atoms with Crippen LogP contribution in [0.2, 0.25) is 0 Å². The Labute approximate surface area is 183 Å². The van der Waals surface area contributed by atoms with Gasteiger partial charge in [-0.05, 0) is 44.8 Å². The quantitative estimate of drug-likeness (QED) is 0.491. The molecule has 30 heavy (non-hydrogen) atoms. The number of hydrogen-bond donors (Lipinski definition) is 1. The Morgan fingerprint density at radius 3 is 2.60 bits per heavy atom. The normalized spacial score (nSPS) is 15.3. The highest BCUT2D eigenvalue weighted by atomic mass is 32.2. The third kappa shape index (κ3) is 5.73. The SMILES string of the molecule is CCC(Sc1nc(C)c(Cc2ccccc2)c(=O)n1C)C(=O)NCCN1CCCC1. The van der Waals surface area contributed by atoms with Gasteiger partial charge < -0.3 is 10.2 Å². The fourth-order valence-electron chi connectivity index (χ4n) is 3.75. The van der Waals surface area contributed by atoms with Gasteiger partial charge >= 0.3 is 0 Å².